The lowest BCUT2D eigenvalue weighted by Crippen LogP contribution is -2.28. The summed E-state index contributed by atoms with van der Waals surface area (Å²) in [5.74, 6) is 0.0168. The van der Waals surface area contributed by atoms with E-state index >= 15 is 0 Å². The first kappa shape index (κ1) is 17.7. The Balaban J connectivity index is 1.78. The van der Waals surface area contributed by atoms with E-state index in [9.17, 15) is 4.79 Å². The van der Waals surface area contributed by atoms with Crippen LogP contribution in [0.3, 0.4) is 0 Å². The van der Waals surface area contributed by atoms with E-state index in [0.717, 1.165) is 17.7 Å². The molecule has 0 aliphatic rings. The number of carbonyl (C=O) groups is 1. The van der Waals surface area contributed by atoms with Crippen molar-refractivity contribution in [3.8, 4) is 5.69 Å². The zero-order valence-corrected chi connectivity index (χ0v) is 16.6. The molecular formula is C21H21IN2O. The number of nitrogens with zero attached hydrogens (tertiary/aromatic N) is 2. The second-order valence-electron chi connectivity index (χ2n) is 6.07. The van der Waals surface area contributed by atoms with E-state index in [1.165, 1.54) is 9.13 Å². The molecule has 128 valence electrons. The van der Waals surface area contributed by atoms with Crippen LogP contribution in [0.5, 0.6) is 0 Å². The topological polar surface area (TPSA) is 25.2 Å². The number of halogens is 1. The van der Waals surface area contributed by atoms with Gasteiger partial charge in [-0.3, -0.25) is 4.79 Å². The standard InChI is InChI=1S/C21H21IN2O/c1-3-16-6-8-17(9-7-16)15-23(2)21(25)20-5-4-14-24(20)19-12-10-18(22)11-13-19/h4-14H,3,15H2,1-2H3. The summed E-state index contributed by atoms with van der Waals surface area (Å²) in [6.07, 6.45) is 2.96. The summed E-state index contributed by atoms with van der Waals surface area (Å²) in [7, 11) is 1.85. The first-order valence-electron chi connectivity index (χ1n) is 8.35. The van der Waals surface area contributed by atoms with Crippen molar-refractivity contribution in [1.82, 2.24) is 9.47 Å². The highest BCUT2D eigenvalue weighted by atomic mass is 127. The third-order valence-corrected chi connectivity index (χ3v) is 4.99. The lowest BCUT2D eigenvalue weighted by atomic mass is 10.1. The number of hydrogen-bond donors (Lipinski definition) is 0. The minimum absolute atomic E-state index is 0.0168. The van der Waals surface area contributed by atoms with Crippen molar-refractivity contribution < 1.29 is 4.79 Å². The average Bonchev–Trinajstić information content (AvgIpc) is 3.12. The van der Waals surface area contributed by atoms with Crippen LogP contribution in [0.4, 0.5) is 0 Å². The van der Waals surface area contributed by atoms with Crippen LogP contribution in [0, 0.1) is 3.57 Å². The van der Waals surface area contributed by atoms with E-state index in [0.29, 0.717) is 12.2 Å². The van der Waals surface area contributed by atoms with Gasteiger partial charge in [-0.25, -0.2) is 0 Å². The van der Waals surface area contributed by atoms with E-state index in [4.69, 9.17) is 0 Å². The van der Waals surface area contributed by atoms with Crippen LogP contribution >= 0.6 is 22.6 Å². The maximum absolute atomic E-state index is 12.9. The summed E-state index contributed by atoms with van der Waals surface area (Å²) in [4.78, 5) is 14.7. The second-order valence-corrected chi connectivity index (χ2v) is 7.32. The number of aryl methyl sites for hydroxylation is 1. The molecule has 0 bridgehead atoms. The molecule has 1 aromatic heterocycles. The van der Waals surface area contributed by atoms with Gasteiger partial charge in [0.25, 0.3) is 5.91 Å². The molecule has 0 aliphatic carbocycles. The zero-order chi connectivity index (χ0) is 17.8. The molecule has 0 saturated heterocycles. The monoisotopic (exact) mass is 444 g/mol. The van der Waals surface area contributed by atoms with Crippen LogP contribution in [-0.4, -0.2) is 22.4 Å². The molecular weight excluding hydrogens is 423 g/mol. The molecule has 25 heavy (non-hydrogen) atoms. The van der Waals surface area contributed by atoms with E-state index in [-0.39, 0.29) is 5.91 Å². The summed E-state index contributed by atoms with van der Waals surface area (Å²) in [5, 5.41) is 0. The number of carbonyl (C=O) groups excluding carboxylic acids is 1. The molecule has 3 rings (SSSR count). The smallest absolute Gasteiger partial charge is 0.270 e. The van der Waals surface area contributed by atoms with Gasteiger partial charge in [-0.1, -0.05) is 31.2 Å². The Labute approximate surface area is 162 Å². The highest BCUT2D eigenvalue weighted by Crippen LogP contribution is 2.17. The van der Waals surface area contributed by atoms with Crippen molar-refractivity contribution in [1.29, 1.82) is 0 Å². The van der Waals surface area contributed by atoms with Gasteiger partial charge in [0, 0.05) is 29.0 Å². The molecule has 0 atom stereocenters. The molecule has 1 amide bonds. The fraction of sp³-hybridized carbons (Fsp3) is 0.190. The molecule has 0 unspecified atom stereocenters. The third-order valence-electron chi connectivity index (χ3n) is 4.27. The molecule has 0 aliphatic heterocycles. The predicted octanol–water partition coefficient (Wildman–Crippen LogP) is 4.92. The van der Waals surface area contributed by atoms with Crippen LogP contribution in [0.1, 0.15) is 28.5 Å². The SMILES string of the molecule is CCc1ccc(CN(C)C(=O)c2cccn2-c2ccc(I)cc2)cc1. The van der Waals surface area contributed by atoms with Crippen LogP contribution in [-0.2, 0) is 13.0 Å². The molecule has 0 N–H and O–H groups in total. The molecule has 1 heterocycles. The summed E-state index contributed by atoms with van der Waals surface area (Å²) in [6.45, 7) is 2.74. The summed E-state index contributed by atoms with van der Waals surface area (Å²) < 4.78 is 3.11. The Morgan fingerprint density at radius 3 is 2.28 bits per heavy atom. The molecule has 3 nitrogen and oxygen atoms in total. The minimum Gasteiger partial charge on any atom is -0.336 e. The van der Waals surface area contributed by atoms with Crippen molar-refractivity contribution in [2.75, 3.05) is 7.05 Å². The maximum atomic E-state index is 12.9. The van der Waals surface area contributed by atoms with Crippen molar-refractivity contribution in [3.63, 3.8) is 0 Å². The number of aromatic nitrogens is 1. The molecule has 4 heteroatoms. The van der Waals surface area contributed by atoms with Crippen LogP contribution in [0.2, 0.25) is 0 Å². The van der Waals surface area contributed by atoms with E-state index in [2.05, 4.69) is 53.8 Å². The number of benzene rings is 2. The van der Waals surface area contributed by atoms with Crippen LogP contribution < -0.4 is 0 Å². The number of amides is 1. The largest absolute Gasteiger partial charge is 0.336 e. The molecule has 0 spiro atoms. The van der Waals surface area contributed by atoms with Gasteiger partial charge < -0.3 is 9.47 Å². The molecule has 0 fully saturated rings. The van der Waals surface area contributed by atoms with Gasteiger partial charge in [-0.05, 0) is 76.5 Å². The Hall–Kier alpha value is -2.08. The van der Waals surface area contributed by atoms with Gasteiger partial charge in [0.2, 0.25) is 0 Å². The zero-order valence-electron chi connectivity index (χ0n) is 14.4. The molecule has 3 aromatic rings. The van der Waals surface area contributed by atoms with Gasteiger partial charge >= 0.3 is 0 Å². The number of hydrogen-bond acceptors (Lipinski definition) is 1. The van der Waals surface area contributed by atoms with Gasteiger partial charge in [0.1, 0.15) is 5.69 Å². The Bertz CT molecular complexity index is 850. The summed E-state index contributed by atoms with van der Waals surface area (Å²) in [6, 6.07) is 20.4. The fourth-order valence-electron chi connectivity index (χ4n) is 2.80. The van der Waals surface area contributed by atoms with Crippen molar-refractivity contribution >= 4 is 28.5 Å². The first-order valence-corrected chi connectivity index (χ1v) is 9.43. The van der Waals surface area contributed by atoms with Crippen LogP contribution in [0.15, 0.2) is 66.9 Å². The lowest BCUT2D eigenvalue weighted by molar-refractivity contribution is 0.0777. The fourth-order valence-corrected chi connectivity index (χ4v) is 3.16. The molecule has 0 saturated carbocycles. The quantitative estimate of drug-likeness (QED) is 0.513. The van der Waals surface area contributed by atoms with Crippen molar-refractivity contribution in [2.24, 2.45) is 0 Å². The highest BCUT2D eigenvalue weighted by molar-refractivity contribution is 14.1. The Kier molecular flexibility index (Phi) is 5.58. The minimum atomic E-state index is 0.0168. The second kappa shape index (κ2) is 7.87. The Morgan fingerprint density at radius 1 is 1.00 bits per heavy atom. The highest BCUT2D eigenvalue weighted by Gasteiger charge is 2.16. The van der Waals surface area contributed by atoms with Gasteiger partial charge in [-0.2, -0.15) is 0 Å². The first-order chi connectivity index (χ1) is 12.1. The number of rotatable bonds is 5. The van der Waals surface area contributed by atoms with Gasteiger partial charge in [-0.15, -0.1) is 0 Å². The van der Waals surface area contributed by atoms with Crippen molar-refractivity contribution in [3.05, 3.63) is 87.3 Å². The van der Waals surface area contributed by atoms with Gasteiger partial charge in [0.05, 0.1) is 0 Å². The van der Waals surface area contributed by atoms with E-state index in [1.54, 1.807) is 4.90 Å². The lowest BCUT2D eigenvalue weighted by Gasteiger charge is -2.19. The predicted molar refractivity (Wildman–Crippen MR) is 110 cm³/mol. The third kappa shape index (κ3) is 4.12. The van der Waals surface area contributed by atoms with Gasteiger partial charge in [0.15, 0.2) is 0 Å². The molecule has 2 aromatic carbocycles. The summed E-state index contributed by atoms with van der Waals surface area (Å²) >= 11 is 2.28. The van der Waals surface area contributed by atoms with E-state index < -0.39 is 0 Å². The van der Waals surface area contributed by atoms with E-state index in [1.807, 2.05) is 54.2 Å². The normalized spacial score (nSPS) is 10.7. The summed E-state index contributed by atoms with van der Waals surface area (Å²) in [5.41, 5.74) is 4.12. The maximum Gasteiger partial charge on any atom is 0.270 e. The Morgan fingerprint density at radius 2 is 1.64 bits per heavy atom. The molecule has 0 radical (unpaired) electrons. The van der Waals surface area contributed by atoms with Crippen molar-refractivity contribution in [2.45, 2.75) is 19.9 Å². The van der Waals surface area contributed by atoms with Crippen LogP contribution in [0.25, 0.3) is 5.69 Å². The average molecular weight is 444 g/mol.